The van der Waals surface area contributed by atoms with E-state index in [1.165, 1.54) is 122 Å². The fraction of sp³-hybridized carbons (Fsp3) is 0.917. The molecule has 174 valence electrons. The van der Waals surface area contributed by atoms with E-state index in [-0.39, 0.29) is 0 Å². The molecule has 0 saturated heterocycles. The van der Waals surface area contributed by atoms with Crippen molar-refractivity contribution in [3.8, 4) is 0 Å². The number of hydrogen-bond acceptors (Lipinski definition) is 2. The Hall–Kier alpha value is -0.310. The van der Waals surface area contributed by atoms with Gasteiger partial charge in [0, 0.05) is 0 Å². The van der Waals surface area contributed by atoms with Crippen molar-refractivity contribution in [1.29, 1.82) is 0 Å². The Morgan fingerprint density at radius 2 is 0.897 bits per heavy atom. The zero-order chi connectivity index (χ0) is 21.5. The molecule has 0 aromatic heterocycles. The van der Waals surface area contributed by atoms with Gasteiger partial charge in [-0.1, -0.05) is 129 Å². The molecule has 0 spiro atoms. The zero-order valence-corrected chi connectivity index (χ0v) is 20.1. The first-order valence-corrected chi connectivity index (χ1v) is 14.0. The van der Waals surface area contributed by atoms with Crippen molar-refractivity contribution in [2.75, 3.05) is 0 Å². The summed E-state index contributed by atoms with van der Waals surface area (Å²) in [7, 11) is -4.35. The van der Waals surface area contributed by atoms with Gasteiger partial charge < -0.3 is 4.52 Å². The Labute approximate surface area is 181 Å². The van der Waals surface area contributed by atoms with Crippen molar-refractivity contribution >= 4 is 7.82 Å². The number of unbranched alkanes of at least 4 members (excludes halogenated alkanes) is 20. The topological polar surface area (TPSA) is 66.8 Å². The number of allylic oxidation sites excluding steroid dienone is 1. The van der Waals surface area contributed by atoms with Crippen molar-refractivity contribution in [1.82, 2.24) is 0 Å². The predicted molar refractivity (Wildman–Crippen MR) is 125 cm³/mol. The van der Waals surface area contributed by atoms with E-state index in [1.807, 2.05) is 0 Å². The fourth-order valence-corrected chi connectivity index (χ4v) is 3.95. The molecule has 0 aromatic carbocycles. The van der Waals surface area contributed by atoms with E-state index in [0.29, 0.717) is 0 Å². The Kier molecular flexibility index (Phi) is 22.1. The second-order valence-corrected chi connectivity index (χ2v) is 9.67. The third-order valence-electron chi connectivity index (χ3n) is 5.52. The van der Waals surface area contributed by atoms with Crippen LogP contribution in [0.5, 0.6) is 0 Å². The molecule has 5 heteroatoms. The van der Waals surface area contributed by atoms with Crippen molar-refractivity contribution < 1.29 is 18.9 Å². The van der Waals surface area contributed by atoms with Gasteiger partial charge in [0.25, 0.3) is 0 Å². The molecule has 0 amide bonds. The summed E-state index contributed by atoms with van der Waals surface area (Å²) in [6, 6.07) is 0. The van der Waals surface area contributed by atoms with Crippen molar-refractivity contribution in [2.45, 2.75) is 142 Å². The third kappa shape index (κ3) is 27.7. The summed E-state index contributed by atoms with van der Waals surface area (Å²) in [6.07, 6.45) is 31.1. The molecule has 0 rings (SSSR count). The maximum atomic E-state index is 10.5. The normalized spacial score (nSPS) is 12.1. The minimum absolute atomic E-state index is 0.818. The van der Waals surface area contributed by atoms with Gasteiger partial charge >= 0.3 is 7.82 Å². The molecule has 0 unspecified atom stereocenters. The van der Waals surface area contributed by atoms with Crippen LogP contribution in [-0.4, -0.2) is 9.79 Å². The lowest BCUT2D eigenvalue weighted by Crippen LogP contribution is -1.84. The highest BCUT2D eigenvalue weighted by Gasteiger charge is 2.10. The summed E-state index contributed by atoms with van der Waals surface area (Å²) in [4.78, 5) is 17.1. The Balaban J connectivity index is 3.07. The molecule has 0 aliphatic carbocycles. The van der Waals surface area contributed by atoms with E-state index in [2.05, 4.69) is 11.4 Å². The van der Waals surface area contributed by atoms with Crippen LogP contribution in [0.1, 0.15) is 142 Å². The quantitative estimate of drug-likeness (QED) is 0.0961. The maximum Gasteiger partial charge on any atom is 0.524 e. The highest BCUT2D eigenvalue weighted by atomic mass is 31.2. The molecule has 0 radical (unpaired) electrons. The molecule has 0 bridgehead atoms. The summed E-state index contributed by atoms with van der Waals surface area (Å²) < 4.78 is 14.7. The van der Waals surface area contributed by atoms with Crippen LogP contribution in [0.2, 0.25) is 0 Å². The van der Waals surface area contributed by atoms with E-state index >= 15 is 0 Å². The largest absolute Gasteiger partial charge is 0.524 e. The van der Waals surface area contributed by atoms with Gasteiger partial charge in [0.1, 0.15) is 0 Å². The van der Waals surface area contributed by atoms with Gasteiger partial charge in [-0.15, -0.1) is 0 Å². The summed E-state index contributed by atoms with van der Waals surface area (Å²) in [5, 5.41) is 0. The molecular weight excluding hydrogens is 383 g/mol. The second kappa shape index (κ2) is 22.4. The third-order valence-corrected chi connectivity index (χ3v) is 5.92. The minimum atomic E-state index is -4.35. The van der Waals surface area contributed by atoms with Gasteiger partial charge in [0.05, 0.1) is 6.26 Å². The van der Waals surface area contributed by atoms with Gasteiger partial charge in [0.2, 0.25) is 0 Å². The highest BCUT2D eigenvalue weighted by Crippen LogP contribution is 2.35. The standard InChI is InChI=1S/C24H49O4P/c1-2-3-4-5-6-7-8-9-10-11-12-13-14-15-16-17-18-19-20-21-22-23-24-28-29(25,26)27/h23-24H,2-22H2,1H3,(H2,25,26,27)/b24-23+. The second-order valence-electron chi connectivity index (χ2n) is 8.47. The minimum Gasteiger partial charge on any atom is -0.413 e. The van der Waals surface area contributed by atoms with Gasteiger partial charge in [-0.2, -0.15) is 0 Å². The number of rotatable bonds is 23. The predicted octanol–water partition coefficient (Wildman–Crippen LogP) is 8.82. The first-order chi connectivity index (χ1) is 14.1. The SMILES string of the molecule is CCCCCCCCCCCCCCCCCCCCCC/C=C/OP(=O)(O)O. The lowest BCUT2D eigenvalue weighted by molar-refractivity contribution is 0.258. The molecule has 0 fully saturated rings. The van der Waals surface area contributed by atoms with E-state index < -0.39 is 7.82 Å². The van der Waals surface area contributed by atoms with E-state index in [9.17, 15) is 4.57 Å². The summed E-state index contributed by atoms with van der Waals surface area (Å²) in [6.45, 7) is 2.28. The first kappa shape index (κ1) is 28.7. The molecule has 2 N–H and O–H groups in total. The van der Waals surface area contributed by atoms with E-state index in [4.69, 9.17) is 9.79 Å². The molecule has 0 atom stereocenters. The average Bonchev–Trinajstić information content (AvgIpc) is 2.67. The van der Waals surface area contributed by atoms with Crippen molar-refractivity contribution in [3.63, 3.8) is 0 Å². The van der Waals surface area contributed by atoms with Crippen LogP contribution in [0.3, 0.4) is 0 Å². The van der Waals surface area contributed by atoms with Gasteiger partial charge in [-0.3, -0.25) is 9.79 Å². The Morgan fingerprint density at radius 3 is 1.21 bits per heavy atom. The van der Waals surface area contributed by atoms with E-state index in [1.54, 1.807) is 6.08 Å². The molecule has 4 nitrogen and oxygen atoms in total. The number of phosphoric ester groups is 1. The van der Waals surface area contributed by atoms with Crippen LogP contribution >= 0.6 is 7.82 Å². The first-order valence-electron chi connectivity index (χ1n) is 12.4. The fourth-order valence-electron chi connectivity index (χ4n) is 3.71. The molecule has 0 aromatic rings. The number of phosphoric acid groups is 1. The maximum absolute atomic E-state index is 10.5. The van der Waals surface area contributed by atoms with Crippen molar-refractivity contribution in [2.24, 2.45) is 0 Å². The summed E-state index contributed by atoms with van der Waals surface area (Å²) >= 11 is 0. The van der Waals surface area contributed by atoms with Crippen LogP contribution < -0.4 is 0 Å². The van der Waals surface area contributed by atoms with Crippen LogP contribution in [0.4, 0.5) is 0 Å². The van der Waals surface area contributed by atoms with Gasteiger partial charge in [-0.25, -0.2) is 4.57 Å². The molecule has 0 aliphatic rings. The molecular formula is C24H49O4P. The van der Waals surface area contributed by atoms with Crippen LogP contribution in [0.25, 0.3) is 0 Å². The lowest BCUT2D eigenvalue weighted by atomic mass is 10.0. The zero-order valence-electron chi connectivity index (χ0n) is 19.2. The summed E-state index contributed by atoms with van der Waals surface area (Å²) in [5.41, 5.74) is 0. The van der Waals surface area contributed by atoms with Gasteiger partial charge in [-0.05, 0) is 18.9 Å². The monoisotopic (exact) mass is 432 g/mol. The molecule has 0 saturated carbocycles. The van der Waals surface area contributed by atoms with Crippen LogP contribution in [0.15, 0.2) is 12.3 Å². The molecule has 0 aliphatic heterocycles. The number of hydrogen-bond donors (Lipinski definition) is 2. The van der Waals surface area contributed by atoms with Gasteiger partial charge in [0.15, 0.2) is 0 Å². The Bertz CT molecular complexity index is 392. The molecule has 0 heterocycles. The van der Waals surface area contributed by atoms with E-state index in [0.717, 1.165) is 19.1 Å². The lowest BCUT2D eigenvalue weighted by Gasteiger charge is -2.04. The van der Waals surface area contributed by atoms with Crippen LogP contribution in [0, 0.1) is 0 Å². The molecule has 29 heavy (non-hydrogen) atoms. The average molecular weight is 433 g/mol. The Morgan fingerprint density at radius 1 is 0.586 bits per heavy atom. The smallest absolute Gasteiger partial charge is 0.413 e. The van der Waals surface area contributed by atoms with Crippen LogP contribution in [-0.2, 0) is 9.09 Å². The summed E-state index contributed by atoms with van der Waals surface area (Å²) in [5.74, 6) is 0. The highest BCUT2D eigenvalue weighted by molar-refractivity contribution is 7.46. The van der Waals surface area contributed by atoms with Crippen molar-refractivity contribution in [3.05, 3.63) is 12.3 Å².